The van der Waals surface area contributed by atoms with Crippen molar-refractivity contribution in [2.75, 3.05) is 13.1 Å². The molecule has 3 aromatic rings. The first kappa shape index (κ1) is 17.0. The number of nitrogens with one attached hydrogen (secondary N) is 1. The number of likely N-dealkylation sites (tertiary alicyclic amines) is 1. The van der Waals surface area contributed by atoms with Crippen molar-refractivity contribution in [1.82, 2.24) is 15.1 Å². The Morgan fingerprint density at radius 3 is 2.73 bits per heavy atom. The van der Waals surface area contributed by atoms with Gasteiger partial charge in [-0.2, -0.15) is 5.10 Å². The second-order valence-electron chi connectivity index (χ2n) is 7.24. The number of aromatic nitrogens is 2. The van der Waals surface area contributed by atoms with Crippen molar-refractivity contribution in [1.29, 1.82) is 0 Å². The molecule has 0 spiro atoms. The summed E-state index contributed by atoms with van der Waals surface area (Å²) < 4.78 is 14.2. The second kappa shape index (κ2) is 7.42. The van der Waals surface area contributed by atoms with Gasteiger partial charge in [0.15, 0.2) is 0 Å². The lowest BCUT2D eigenvalue weighted by molar-refractivity contribution is 0.198. The van der Waals surface area contributed by atoms with Gasteiger partial charge in [0.25, 0.3) is 0 Å². The first-order chi connectivity index (χ1) is 12.7. The van der Waals surface area contributed by atoms with Gasteiger partial charge < -0.3 is 0 Å². The predicted molar refractivity (Wildman–Crippen MR) is 102 cm³/mol. The van der Waals surface area contributed by atoms with Crippen molar-refractivity contribution >= 4 is 0 Å². The molecule has 134 valence electrons. The van der Waals surface area contributed by atoms with Crippen LogP contribution < -0.4 is 0 Å². The van der Waals surface area contributed by atoms with E-state index in [2.05, 4.69) is 46.3 Å². The average Bonchev–Trinajstić information content (AvgIpc) is 3.14. The zero-order chi connectivity index (χ0) is 17.9. The SMILES string of the molecule is Cc1ccc(CN2CCCC(c3[nH]ncc3-c3ccccc3F)C2)cc1. The maximum Gasteiger partial charge on any atom is 0.131 e. The van der Waals surface area contributed by atoms with Gasteiger partial charge >= 0.3 is 0 Å². The summed E-state index contributed by atoms with van der Waals surface area (Å²) in [6.07, 6.45) is 4.01. The monoisotopic (exact) mass is 349 g/mol. The van der Waals surface area contributed by atoms with Gasteiger partial charge in [-0.05, 0) is 37.9 Å². The van der Waals surface area contributed by atoms with Crippen molar-refractivity contribution in [2.45, 2.75) is 32.2 Å². The standard InChI is InChI=1S/C22H24FN3/c1-16-8-10-17(11-9-16)14-26-12-4-5-18(15-26)22-20(13-24-25-22)19-6-2-3-7-21(19)23/h2-3,6-11,13,18H,4-5,12,14-15H2,1H3,(H,24,25). The lowest BCUT2D eigenvalue weighted by Gasteiger charge is -2.32. The lowest BCUT2D eigenvalue weighted by Crippen LogP contribution is -2.34. The molecular formula is C22H24FN3. The van der Waals surface area contributed by atoms with Crippen molar-refractivity contribution < 1.29 is 4.39 Å². The van der Waals surface area contributed by atoms with E-state index in [1.54, 1.807) is 12.3 Å². The molecule has 4 rings (SSSR count). The summed E-state index contributed by atoms with van der Waals surface area (Å²) in [4.78, 5) is 2.49. The minimum absolute atomic E-state index is 0.192. The van der Waals surface area contributed by atoms with Crippen LogP contribution in [0.5, 0.6) is 0 Å². The molecule has 2 aromatic carbocycles. The summed E-state index contributed by atoms with van der Waals surface area (Å²) in [5, 5.41) is 7.37. The molecule has 0 saturated carbocycles. The summed E-state index contributed by atoms with van der Waals surface area (Å²) in [5.41, 5.74) is 5.22. The smallest absolute Gasteiger partial charge is 0.131 e. The third kappa shape index (κ3) is 3.56. The molecule has 1 aliphatic rings. The first-order valence-corrected chi connectivity index (χ1v) is 9.27. The van der Waals surface area contributed by atoms with E-state index in [-0.39, 0.29) is 5.82 Å². The van der Waals surface area contributed by atoms with Crippen LogP contribution in [0.25, 0.3) is 11.1 Å². The van der Waals surface area contributed by atoms with E-state index in [0.29, 0.717) is 11.5 Å². The highest BCUT2D eigenvalue weighted by Gasteiger charge is 2.25. The molecule has 0 amide bonds. The van der Waals surface area contributed by atoms with Gasteiger partial charge in [0.05, 0.1) is 6.20 Å². The van der Waals surface area contributed by atoms with Gasteiger partial charge in [0.1, 0.15) is 5.82 Å². The molecule has 1 aromatic heterocycles. The molecule has 4 heteroatoms. The Bertz CT molecular complexity index is 869. The molecule has 0 aliphatic carbocycles. The summed E-state index contributed by atoms with van der Waals surface area (Å²) in [6.45, 7) is 5.15. The lowest BCUT2D eigenvalue weighted by atomic mass is 9.90. The first-order valence-electron chi connectivity index (χ1n) is 9.27. The number of halogens is 1. The van der Waals surface area contributed by atoms with Crippen LogP contribution in [0.3, 0.4) is 0 Å². The minimum atomic E-state index is -0.192. The highest BCUT2D eigenvalue weighted by molar-refractivity contribution is 5.66. The molecule has 26 heavy (non-hydrogen) atoms. The van der Waals surface area contributed by atoms with Crippen molar-refractivity contribution in [3.8, 4) is 11.1 Å². The summed E-state index contributed by atoms with van der Waals surface area (Å²) >= 11 is 0. The number of H-pyrrole nitrogens is 1. The van der Waals surface area contributed by atoms with Gasteiger partial charge in [0, 0.05) is 35.8 Å². The topological polar surface area (TPSA) is 31.9 Å². The van der Waals surface area contributed by atoms with Crippen LogP contribution in [0.1, 0.15) is 35.6 Å². The predicted octanol–water partition coefficient (Wildman–Crippen LogP) is 4.90. The van der Waals surface area contributed by atoms with Gasteiger partial charge in [-0.25, -0.2) is 4.39 Å². The fourth-order valence-electron chi connectivity index (χ4n) is 3.89. The van der Waals surface area contributed by atoms with E-state index in [4.69, 9.17) is 0 Å². The number of aryl methyl sites for hydroxylation is 1. The van der Waals surface area contributed by atoms with E-state index in [1.807, 2.05) is 12.1 Å². The van der Waals surface area contributed by atoms with Crippen LogP contribution in [-0.2, 0) is 6.54 Å². The third-order valence-corrected chi connectivity index (χ3v) is 5.27. The number of aromatic amines is 1. The van der Waals surface area contributed by atoms with Gasteiger partial charge in [0.2, 0.25) is 0 Å². The van der Waals surface area contributed by atoms with Gasteiger partial charge in [-0.3, -0.25) is 10.00 Å². The largest absolute Gasteiger partial charge is 0.298 e. The second-order valence-corrected chi connectivity index (χ2v) is 7.24. The molecular weight excluding hydrogens is 325 g/mol. The number of hydrogen-bond acceptors (Lipinski definition) is 2. The van der Waals surface area contributed by atoms with Gasteiger partial charge in [-0.1, -0.05) is 48.0 Å². The molecule has 1 unspecified atom stereocenters. The highest BCUT2D eigenvalue weighted by atomic mass is 19.1. The Morgan fingerprint density at radius 2 is 1.92 bits per heavy atom. The van der Waals surface area contributed by atoms with Crippen LogP contribution in [0.2, 0.25) is 0 Å². The quantitative estimate of drug-likeness (QED) is 0.726. The fourth-order valence-corrected chi connectivity index (χ4v) is 3.89. The molecule has 2 heterocycles. The minimum Gasteiger partial charge on any atom is -0.298 e. The van der Waals surface area contributed by atoms with Gasteiger partial charge in [-0.15, -0.1) is 0 Å². The zero-order valence-electron chi connectivity index (χ0n) is 15.1. The van der Waals surface area contributed by atoms with E-state index in [1.165, 1.54) is 17.2 Å². The van der Waals surface area contributed by atoms with Crippen molar-refractivity contribution in [2.24, 2.45) is 0 Å². The molecule has 1 aliphatic heterocycles. The van der Waals surface area contributed by atoms with Crippen LogP contribution in [0.4, 0.5) is 4.39 Å². The fraction of sp³-hybridized carbons (Fsp3) is 0.318. The summed E-state index contributed by atoms with van der Waals surface area (Å²) in [7, 11) is 0. The number of hydrogen-bond donors (Lipinski definition) is 1. The van der Waals surface area contributed by atoms with Crippen LogP contribution in [0, 0.1) is 12.7 Å². The maximum absolute atomic E-state index is 14.2. The highest BCUT2D eigenvalue weighted by Crippen LogP contribution is 2.34. The Balaban J connectivity index is 1.53. The molecule has 3 nitrogen and oxygen atoms in total. The Morgan fingerprint density at radius 1 is 1.12 bits per heavy atom. The van der Waals surface area contributed by atoms with Crippen molar-refractivity contribution in [3.05, 3.63) is 77.4 Å². The van der Waals surface area contributed by atoms with E-state index in [0.717, 1.165) is 43.7 Å². The Labute approximate surface area is 153 Å². The zero-order valence-corrected chi connectivity index (χ0v) is 15.1. The Hall–Kier alpha value is -2.46. The van der Waals surface area contributed by atoms with Crippen LogP contribution in [-0.4, -0.2) is 28.2 Å². The molecule has 0 radical (unpaired) electrons. The van der Waals surface area contributed by atoms with Crippen LogP contribution in [0.15, 0.2) is 54.7 Å². The Kier molecular flexibility index (Phi) is 4.85. The number of benzene rings is 2. The number of piperidine rings is 1. The maximum atomic E-state index is 14.2. The summed E-state index contributed by atoms with van der Waals surface area (Å²) in [5.74, 6) is 0.161. The van der Waals surface area contributed by atoms with E-state index in [9.17, 15) is 4.39 Å². The van der Waals surface area contributed by atoms with Crippen molar-refractivity contribution in [3.63, 3.8) is 0 Å². The molecule has 1 saturated heterocycles. The van der Waals surface area contributed by atoms with Crippen LogP contribution >= 0.6 is 0 Å². The summed E-state index contributed by atoms with van der Waals surface area (Å²) in [6, 6.07) is 15.7. The number of rotatable bonds is 4. The normalized spacial score (nSPS) is 18.2. The number of nitrogens with zero attached hydrogens (tertiary/aromatic N) is 2. The molecule has 0 bridgehead atoms. The molecule has 1 fully saturated rings. The average molecular weight is 349 g/mol. The molecule has 1 atom stereocenters. The van der Waals surface area contributed by atoms with E-state index >= 15 is 0 Å². The molecule has 1 N–H and O–H groups in total. The third-order valence-electron chi connectivity index (χ3n) is 5.27. The van der Waals surface area contributed by atoms with E-state index < -0.39 is 0 Å².